The second-order valence-corrected chi connectivity index (χ2v) is 5.60. The van der Waals surface area contributed by atoms with Gasteiger partial charge in [0.1, 0.15) is 5.15 Å². The molecule has 1 atom stereocenters. The highest BCUT2D eigenvalue weighted by molar-refractivity contribution is 6.34. The maximum Gasteiger partial charge on any atom is 0.337 e. The zero-order valence-electron chi connectivity index (χ0n) is 12.5. The topological polar surface area (TPSA) is 68.3 Å². The lowest BCUT2D eigenvalue weighted by Crippen LogP contribution is -2.27. The van der Waals surface area contributed by atoms with Crippen LogP contribution in [-0.2, 0) is 4.74 Å². The molecule has 2 aromatic rings. The highest BCUT2D eigenvalue weighted by Crippen LogP contribution is 2.20. The SMILES string of the molecule is COC(=O)c1ccc(C(C)NC(=O)c2cc(Cl)cnc2Cl)cc1. The monoisotopic (exact) mass is 352 g/mol. The molecule has 0 saturated heterocycles. The molecule has 0 spiro atoms. The molecule has 1 aromatic heterocycles. The molecule has 2 rings (SSSR count). The highest BCUT2D eigenvalue weighted by Gasteiger charge is 2.16. The van der Waals surface area contributed by atoms with Crippen LogP contribution in [0.15, 0.2) is 36.5 Å². The van der Waals surface area contributed by atoms with Gasteiger partial charge in [0.05, 0.1) is 29.3 Å². The number of halogens is 2. The van der Waals surface area contributed by atoms with E-state index in [0.717, 1.165) is 5.56 Å². The Labute approximate surface area is 143 Å². The zero-order valence-corrected chi connectivity index (χ0v) is 14.0. The van der Waals surface area contributed by atoms with E-state index >= 15 is 0 Å². The lowest BCUT2D eigenvalue weighted by molar-refractivity contribution is 0.0600. The first-order chi connectivity index (χ1) is 10.9. The van der Waals surface area contributed by atoms with Crippen molar-refractivity contribution in [1.29, 1.82) is 0 Å². The van der Waals surface area contributed by atoms with Gasteiger partial charge in [0.15, 0.2) is 0 Å². The van der Waals surface area contributed by atoms with E-state index in [0.29, 0.717) is 10.6 Å². The Bertz CT molecular complexity index is 733. The minimum absolute atomic E-state index is 0.0835. The summed E-state index contributed by atoms with van der Waals surface area (Å²) in [5, 5.41) is 3.22. The van der Waals surface area contributed by atoms with Crippen molar-refractivity contribution in [3.05, 3.63) is 63.4 Å². The van der Waals surface area contributed by atoms with Crippen LogP contribution in [0.2, 0.25) is 10.2 Å². The van der Waals surface area contributed by atoms with Gasteiger partial charge >= 0.3 is 5.97 Å². The van der Waals surface area contributed by atoms with Crippen molar-refractivity contribution in [3.8, 4) is 0 Å². The number of nitrogens with one attached hydrogen (secondary N) is 1. The van der Waals surface area contributed by atoms with Gasteiger partial charge in [-0.05, 0) is 30.7 Å². The molecule has 1 heterocycles. The molecule has 23 heavy (non-hydrogen) atoms. The number of amides is 1. The summed E-state index contributed by atoms with van der Waals surface area (Å²) in [5.74, 6) is -0.792. The molecular formula is C16H14Cl2N2O3. The van der Waals surface area contributed by atoms with Crippen molar-refractivity contribution < 1.29 is 14.3 Å². The molecule has 0 aliphatic heterocycles. The second-order valence-electron chi connectivity index (χ2n) is 4.80. The lowest BCUT2D eigenvalue weighted by Gasteiger charge is -2.15. The number of carbonyl (C=O) groups is 2. The van der Waals surface area contributed by atoms with E-state index in [-0.39, 0.29) is 22.7 Å². The van der Waals surface area contributed by atoms with Gasteiger partial charge in [0.2, 0.25) is 0 Å². The molecule has 0 aliphatic rings. The van der Waals surface area contributed by atoms with Crippen molar-refractivity contribution in [2.24, 2.45) is 0 Å². The summed E-state index contributed by atoms with van der Waals surface area (Å²) in [7, 11) is 1.32. The van der Waals surface area contributed by atoms with Crippen molar-refractivity contribution >= 4 is 35.1 Å². The van der Waals surface area contributed by atoms with Gasteiger partial charge in [-0.1, -0.05) is 35.3 Å². The van der Waals surface area contributed by atoms with E-state index in [9.17, 15) is 9.59 Å². The first-order valence-corrected chi connectivity index (χ1v) is 7.48. The van der Waals surface area contributed by atoms with E-state index in [2.05, 4.69) is 15.0 Å². The molecule has 1 unspecified atom stereocenters. The van der Waals surface area contributed by atoms with E-state index in [1.165, 1.54) is 19.4 Å². The molecule has 0 radical (unpaired) electrons. The number of esters is 1. The van der Waals surface area contributed by atoms with Crippen LogP contribution in [0.3, 0.4) is 0 Å². The van der Waals surface area contributed by atoms with Crippen LogP contribution in [0.4, 0.5) is 0 Å². The van der Waals surface area contributed by atoms with Gasteiger partial charge in [-0.25, -0.2) is 9.78 Å². The third-order valence-electron chi connectivity index (χ3n) is 3.23. The van der Waals surface area contributed by atoms with Crippen LogP contribution in [0.1, 0.15) is 39.2 Å². The number of ether oxygens (including phenoxy) is 1. The Morgan fingerprint density at radius 3 is 2.48 bits per heavy atom. The molecular weight excluding hydrogens is 339 g/mol. The molecule has 0 fully saturated rings. The summed E-state index contributed by atoms with van der Waals surface area (Å²) < 4.78 is 4.64. The predicted molar refractivity (Wildman–Crippen MR) is 87.9 cm³/mol. The molecule has 1 N–H and O–H groups in total. The number of methoxy groups -OCH3 is 1. The number of hydrogen-bond acceptors (Lipinski definition) is 4. The minimum Gasteiger partial charge on any atom is -0.465 e. The Kier molecular flexibility index (Phi) is 5.58. The Balaban J connectivity index is 2.12. The van der Waals surface area contributed by atoms with Crippen LogP contribution < -0.4 is 5.32 Å². The van der Waals surface area contributed by atoms with Crippen LogP contribution >= 0.6 is 23.2 Å². The van der Waals surface area contributed by atoms with Gasteiger partial charge in [-0.15, -0.1) is 0 Å². The summed E-state index contributed by atoms with van der Waals surface area (Å²) >= 11 is 11.7. The van der Waals surface area contributed by atoms with E-state index in [4.69, 9.17) is 23.2 Å². The molecule has 5 nitrogen and oxygen atoms in total. The summed E-state index contributed by atoms with van der Waals surface area (Å²) in [5.41, 5.74) is 1.48. The Morgan fingerprint density at radius 1 is 1.22 bits per heavy atom. The van der Waals surface area contributed by atoms with Crippen LogP contribution in [-0.4, -0.2) is 24.0 Å². The average Bonchev–Trinajstić information content (AvgIpc) is 2.56. The fourth-order valence-corrected chi connectivity index (χ4v) is 2.31. The average molecular weight is 353 g/mol. The molecule has 1 amide bonds. The minimum atomic E-state index is -0.412. The van der Waals surface area contributed by atoms with Gasteiger partial charge in [0, 0.05) is 6.20 Å². The summed E-state index contributed by atoms with van der Waals surface area (Å²) in [4.78, 5) is 27.5. The van der Waals surface area contributed by atoms with Crippen LogP contribution in [0.25, 0.3) is 0 Å². The standard InChI is InChI=1S/C16H14Cl2N2O3/c1-9(10-3-5-11(6-4-10)16(22)23-2)20-15(21)13-7-12(17)8-19-14(13)18/h3-9H,1-2H3,(H,20,21). The fourth-order valence-electron chi connectivity index (χ4n) is 1.97. The van der Waals surface area contributed by atoms with Crippen LogP contribution in [0.5, 0.6) is 0 Å². The number of pyridine rings is 1. The van der Waals surface area contributed by atoms with Crippen molar-refractivity contribution in [1.82, 2.24) is 10.3 Å². The van der Waals surface area contributed by atoms with E-state index < -0.39 is 5.97 Å². The summed E-state index contributed by atoms with van der Waals surface area (Å²) in [6, 6.07) is 7.93. The first-order valence-electron chi connectivity index (χ1n) is 6.72. The molecule has 7 heteroatoms. The quantitative estimate of drug-likeness (QED) is 0.673. The third-order valence-corrected chi connectivity index (χ3v) is 3.74. The van der Waals surface area contributed by atoms with Crippen LogP contribution in [0, 0.1) is 0 Å². The third kappa shape index (κ3) is 4.21. The van der Waals surface area contributed by atoms with Gasteiger partial charge in [-0.2, -0.15) is 0 Å². The number of hydrogen-bond donors (Lipinski definition) is 1. The smallest absolute Gasteiger partial charge is 0.337 e. The number of nitrogens with zero attached hydrogens (tertiary/aromatic N) is 1. The number of rotatable bonds is 4. The largest absolute Gasteiger partial charge is 0.465 e. The number of aromatic nitrogens is 1. The van der Waals surface area contributed by atoms with Gasteiger partial charge < -0.3 is 10.1 Å². The Hall–Kier alpha value is -2.11. The summed E-state index contributed by atoms with van der Waals surface area (Å²) in [6.07, 6.45) is 1.37. The maximum atomic E-state index is 12.3. The molecule has 0 saturated carbocycles. The van der Waals surface area contributed by atoms with E-state index in [1.54, 1.807) is 24.3 Å². The Morgan fingerprint density at radius 2 is 1.87 bits per heavy atom. The maximum absolute atomic E-state index is 12.3. The predicted octanol–water partition coefficient (Wildman–Crippen LogP) is 3.67. The zero-order chi connectivity index (χ0) is 17.0. The first kappa shape index (κ1) is 17.2. The fraction of sp³-hybridized carbons (Fsp3) is 0.188. The summed E-state index contributed by atoms with van der Waals surface area (Å²) in [6.45, 7) is 1.82. The van der Waals surface area contributed by atoms with Crippen molar-refractivity contribution in [2.45, 2.75) is 13.0 Å². The molecule has 0 bridgehead atoms. The van der Waals surface area contributed by atoms with Gasteiger partial charge in [0.25, 0.3) is 5.91 Å². The highest BCUT2D eigenvalue weighted by atomic mass is 35.5. The number of carbonyl (C=O) groups excluding carboxylic acids is 2. The normalized spacial score (nSPS) is 11.7. The number of benzene rings is 1. The van der Waals surface area contributed by atoms with Gasteiger partial charge in [-0.3, -0.25) is 4.79 Å². The molecule has 0 aliphatic carbocycles. The van der Waals surface area contributed by atoms with Crippen molar-refractivity contribution in [3.63, 3.8) is 0 Å². The van der Waals surface area contributed by atoms with Crippen molar-refractivity contribution in [2.75, 3.05) is 7.11 Å². The molecule has 1 aromatic carbocycles. The lowest BCUT2D eigenvalue weighted by atomic mass is 10.1. The molecule has 120 valence electrons. The second kappa shape index (κ2) is 7.44. The van der Waals surface area contributed by atoms with E-state index in [1.807, 2.05) is 6.92 Å².